The number of benzene rings is 1. The molecule has 0 bridgehead atoms. The van der Waals surface area contributed by atoms with Crippen LogP contribution >= 0.6 is 7.14 Å². The number of hydrogen-bond donors (Lipinski definition) is 0. The second-order valence-electron chi connectivity index (χ2n) is 3.00. The van der Waals surface area contributed by atoms with Crippen molar-refractivity contribution >= 4 is 12.4 Å². The predicted octanol–water partition coefficient (Wildman–Crippen LogP) is 2.85. The van der Waals surface area contributed by atoms with Gasteiger partial charge in [0.2, 0.25) is 0 Å². The number of hydrogen-bond acceptors (Lipinski definition) is 1. The van der Waals surface area contributed by atoms with Crippen molar-refractivity contribution in [2.45, 2.75) is 13.8 Å². The van der Waals surface area contributed by atoms with E-state index in [2.05, 4.69) is 0 Å². The molecule has 0 spiro atoms. The van der Waals surface area contributed by atoms with E-state index >= 15 is 0 Å². The van der Waals surface area contributed by atoms with Gasteiger partial charge >= 0.3 is 0 Å². The first-order chi connectivity index (χ1) is 6.12. The molecule has 0 aliphatic heterocycles. The Morgan fingerprint density at radius 2 is 1.92 bits per heavy atom. The van der Waals surface area contributed by atoms with Crippen molar-refractivity contribution < 1.29 is 8.96 Å². The third kappa shape index (κ3) is 2.19. The fraction of sp³-hybridized carbons (Fsp3) is 0.400. The molecule has 1 aromatic rings. The van der Waals surface area contributed by atoms with Crippen LogP contribution in [0.5, 0.6) is 0 Å². The minimum absolute atomic E-state index is 0.306. The Morgan fingerprint density at radius 3 is 2.38 bits per heavy atom. The molecule has 0 atom stereocenters. The van der Waals surface area contributed by atoms with E-state index in [4.69, 9.17) is 0 Å². The molecule has 1 aromatic carbocycles. The summed E-state index contributed by atoms with van der Waals surface area (Å²) in [5, 5.41) is 0.664. The van der Waals surface area contributed by atoms with E-state index in [-0.39, 0.29) is 5.82 Å². The van der Waals surface area contributed by atoms with Crippen molar-refractivity contribution in [3.8, 4) is 0 Å². The van der Waals surface area contributed by atoms with E-state index in [1.165, 1.54) is 12.1 Å². The quantitative estimate of drug-likeness (QED) is 0.685. The maximum atomic E-state index is 12.8. The third-order valence-corrected chi connectivity index (χ3v) is 5.56. The van der Waals surface area contributed by atoms with Gasteiger partial charge in [0.05, 0.1) is 0 Å². The number of halogens is 1. The van der Waals surface area contributed by atoms with Crippen LogP contribution in [0.1, 0.15) is 13.8 Å². The molecule has 0 fully saturated rings. The van der Waals surface area contributed by atoms with E-state index in [9.17, 15) is 8.96 Å². The summed E-state index contributed by atoms with van der Waals surface area (Å²) in [7, 11) is -2.30. The van der Waals surface area contributed by atoms with E-state index < -0.39 is 7.14 Å². The molecule has 13 heavy (non-hydrogen) atoms. The second-order valence-corrected chi connectivity index (χ2v) is 6.56. The minimum atomic E-state index is -2.30. The van der Waals surface area contributed by atoms with Gasteiger partial charge in [-0.25, -0.2) is 4.39 Å². The lowest BCUT2D eigenvalue weighted by Gasteiger charge is -2.13. The second kappa shape index (κ2) is 4.06. The van der Waals surface area contributed by atoms with Crippen molar-refractivity contribution in [2.24, 2.45) is 0 Å². The maximum Gasteiger partial charge on any atom is 0.123 e. The molecular formula is C10H14FOP. The van der Waals surface area contributed by atoms with Gasteiger partial charge in [-0.2, -0.15) is 0 Å². The van der Waals surface area contributed by atoms with Crippen molar-refractivity contribution in [2.75, 3.05) is 12.3 Å². The highest BCUT2D eigenvalue weighted by molar-refractivity contribution is 7.71. The molecule has 0 saturated carbocycles. The van der Waals surface area contributed by atoms with Crippen molar-refractivity contribution in [3.05, 3.63) is 30.1 Å². The minimum Gasteiger partial charge on any atom is -0.319 e. The fourth-order valence-electron chi connectivity index (χ4n) is 1.32. The summed E-state index contributed by atoms with van der Waals surface area (Å²) in [4.78, 5) is 0. The van der Waals surface area contributed by atoms with Gasteiger partial charge in [0.25, 0.3) is 0 Å². The van der Waals surface area contributed by atoms with E-state index in [0.29, 0.717) is 17.6 Å². The number of rotatable bonds is 3. The first-order valence-corrected chi connectivity index (χ1v) is 6.54. The van der Waals surface area contributed by atoms with Crippen LogP contribution in [-0.2, 0) is 4.57 Å². The van der Waals surface area contributed by atoms with Gasteiger partial charge in [-0.1, -0.05) is 26.0 Å². The molecule has 3 heteroatoms. The molecule has 1 rings (SSSR count). The predicted molar refractivity (Wildman–Crippen MR) is 54.7 cm³/mol. The van der Waals surface area contributed by atoms with Gasteiger partial charge in [0, 0.05) is 17.6 Å². The highest BCUT2D eigenvalue weighted by Gasteiger charge is 2.19. The van der Waals surface area contributed by atoms with Crippen LogP contribution in [0.25, 0.3) is 0 Å². The van der Waals surface area contributed by atoms with E-state index in [1.54, 1.807) is 12.1 Å². The zero-order chi connectivity index (χ0) is 9.90. The van der Waals surface area contributed by atoms with Crippen LogP contribution in [-0.4, -0.2) is 12.3 Å². The molecule has 72 valence electrons. The van der Waals surface area contributed by atoms with Crippen molar-refractivity contribution in [1.29, 1.82) is 0 Å². The Labute approximate surface area is 78.3 Å². The Morgan fingerprint density at radius 1 is 1.31 bits per heavy atom. The average Bonchev–Trinajstić information content (AvgIpc) is 2.17. The lowest BCUT2D eigenvalue weighted by atomic mass is 10.3. The first-order valence-electron chi connectivity index (χ1n) is 4.46. The fourth-order valence-corrected chi connectivity index (χ4v) is 3.21. The van der Waals surface area contributed by atoms with Crippen LogP contribution in [0.4, 0.5) is 4.39 Å². The van der Waals surface area contributed by atoms with Crippen molar-refractivity contribution in [1.82, 2.24) is 0 Å². The Kier molecular flexibility index (Phi) is 3.27. The standard InChI is InChI=1S/C10H14FOP/c1-3-13(12,4-2)10-7-5-6-9(11)8-10/h5-8H,3-4H2,1-2H3. The molecule has 0 unspecified atom stereocenters. The van der Waals surface area contributed by atoms with Crippen LogP contribution < -0.4 is 5.30 Å². The average molecular weight is 200 g/mol. The van der Waals surface area contributed by atoms with Gasteiger partial charge in [-0.3, -0.25) is 0 Å². The van der Waals surface area contributed by atoms with Crippen LogP contribution in [0, 0.1) is 5.82 Å². The molecule has 0 aliphatic carbocycles. The highest BCUT2D eigenvalue weighted by atomic mass is 31.2. The lowest BCUT2D eigenvalue weighted by molar-refractivity contribution is 0.581. The summed E-state index contributed by atoms with van der Waals surface area (Å²) in [6.07, 6.45) is 1.21. The van der Waals surface area contributed by atoms with Gasteiger partial charge in [0.1, 0.15) is 13.0 Å². The Hall–Kier alpha value is -0.620. The van der Waals surface area contributed by atoms with Crippen LogP contribution in [0.3, 0.4) is 0 Å². The molecule has 0 heterocycles. The maximum absolute atomic E-state index is 12.8. The summed E-state index contributed by atoms with van der Waals surface area (Å²) in [6, 6.07) is 6.12. The lowest BCUT2D eigenvalue weighted by Crippen LogP contribution is -2.08. The van der Waals surface area contributed by atoms with Crippen LogP contribution in [0.2, 0.25) is 0 Å². The summed E-state index contributed by atoms with van der Waals surface area (Å²) in [5.41, 5.74) is 0. The highest BCUT2D eigenvalue weighted by Crippen LogP contribution is 2.43. The molecule has 1 nitrogen and oxygen atoms in total. The van der Waals surface area contributed by atoms with E-state index in [0.717, 1.165) is 0 Å². The summed E-state index contributed by atoms with van der Waals surface area (Å²) < 4.78 is 25.0. The van der Waals surface area contributed by atoms with Gasteiger partial charge < -0.3 is 4.57 Å². The van der Waals surface area contributed by atoms with Gasteiger partial charge in [0.15, 0.2) is 0 Å². The molecule has 0 aromatic heterocycles. The van der Waals surface area contributed by atoms with Gasteiger partial charge in [-0.15, -0.1) is 0 Å². The Bertz CT molecular complexity index is 327. The molecule has 0 saturated heterocycles. The molecule has 0 amide bonds. The largest absolute Gasteiger partial charge is 0.319 e. The first kappa shape index (κ1) is 10.5. The van der Waals surface area contributed by atoms with Crippen LogP contribution in [0.15, 0.2) is 24.3 Å². The molecular weight excluding hydrogens is 186 g/mol. The summed E-state index contributed by atoms with van der Waals surface area (Å²) >= 11 is 0. The molecule has 0 aliphatic rings. The molecule has 0 radical (unpaired) electrons. The zero-order valence-corrected chi connectivity index (χ0v) is 8.85. The Balaban J connectivity index is 3.13. The topological polar surface area (TPSA) is 17.1 Å². The van der Waals surface area contributed by atoms with Gasteiger partial charge in [-0.05, 0) is 12.1 Å². The SMILES string of the molecule is CCP(=O)(CC)c1cccc(F)c1. The molecule has 0 N–H and O–H groups in total. The summed E-state index contributed by atoms with van der Waals surface area (Å²) in [6.45, 7) is 3.77. The zero-order valence-electron chi connectivity index (χ0n) is 7.96. The smallest absolute Gasteiger partial charge is 0.123 e. The third-order valence-electron chi connectivity index (χ3n) is 2.30. The normalized spacial score (nSPS) is 11.6. The van der Waals surface area contributed by atoms with Crippen molar-refractivity contribution in [3.63, 3.8) is 0 Å². The van der Waals surface area contributed by atoms with E-state index in [1.807, 2.05) is 13.8 Å². The monoisotopic (exact) mass is 200 g/mol. The summed E-state index contributed by atoms with van der Waals surface area (Å²) in [5.74, 6) is -0.306.